The number of rotatable bonds is 5. The van der Waals surface area contributed by atoms with Gasteiger partial charge in [0.25, 0.3) is 0 Å². The Morgan fingerprint density at radius 2 is 1.61 bits per heavy atom. The standard InChI is InChI=1S/C27H41N2O9PS2/c1-25(2)16-26(3,4)24(32)41-13-11-34-39(33-10-12-40-23(25)31)35-15-18-19-20(38-27(5,6)37-19)22(36-18)29-9-7-8-17(14-29)21(28)30/h7,9,14,18-20,22H,8,10-13,15-16H2,1-6H3,(H2,28,30). The van der Waals surface area contributed by atoms with Gasteiger partial charge in [0, 0.05) is 40.3 Å². The molecule has 230 valence electrons. The summed E-state index contributed by atoms with van der Waals surface area (Å²) in [6.45, 7) is 11.8. The van der Waals surface area contributed by atoms with Gasteiger partial charge < -0.3 is 38.4 Å². The van der Waals surface area contributed by atoms with Crippen LogP contribution < -0.4 is 5.73 Å². The fourth-order valence-corrected chi connectivity index (χ4v) is 8.16. The second kappa shape index (κ2) is 13.3. The number of hydrogen-bond donors (Lipinski definition) is 1. The summed E-state index contributed by atoms with van der Waals surface area (Å²) in [5.74, 6) is -0.450. The minimum atomic E-state index is -1.79. The molecule has 4 aliphatic heterocycles. The monoisotopic (exact) mass is 632 g/mol. The van der Waals surface area contributed by atoms with Crippen LogP contribution in [-0.4, -0.2) is 82.7 Å². The quantitative estimate of drug-likeness (QED) is 0.438. The normalized spacial score (nSPS) is 32.8. The first-order valence-corrected chi connectivity index (χ1v) is 16.7. The molecule has 4 unspecified atom stereocenters. The SMILES string of the molecule is CC1(C)OC2C(COP3OCCSC(=O)C(C)(C)CC(C)(C)C(=O)SCCO3)OC(N3C=CCC(C(N)=O)=C3)C2O1. The second-order valence-corrected chi connectivity index (χ2v) is 15.4. The third kappa shape index (κ3) is 8.33. The molecule has 3 saturated heterocycles. The molecule has 4 atom stereocenters. The number of amides is 1. The maximum absolute atomic E-state index is 12.9. The first kappa shape index (κ1) is 32.9. The molecule has 1 amide bonds. The lowest BCUT2D eigenvalue weighted by atomic mass is 9.76. The van der Waals surface area contributed by atoms with Crippen molar-refractivity contribution in [3.05, 3.63) is 24.0 Å². The third-order valence-electron chi connectivity index (χ3n) is 7.02. The van der Waals surface area contributed by atoms with Crippen molar-refractivity contribution < 1.29 is 42.2 Å². The molecule has 0 aromatic carbocycles. The van der Waals surface area contributed by atoms with E-state index in [9.17, 15) is 14.4 Å². The first-order valence-electron chi connectivity index (χ1n) is 13.7. The molecule has 14 heteroatoms. The van der Waals surface area contributed by atoms with Gasteiger partial charge in [-0.2, -0.15) is 0 Å². The molecule has 4 rings (SSSR count). The average Bonchev–Trinajstić information content (AvgIpc) is 3.38. The third-order valence-corrected chi connectivity index (χ3v) is 10.5. The van der Waals surface area contributed by atoms with Gasteiger partial charge in [0.05, 0.1) is 19.8 Å². The molecule has 0 aliphatic carbocycles. The summed E-state index contributed by atoms with van der Waals surface area (Å²) in [5, 5.41) is 0.0425. The summed E-state index contributed by atoms with van der Waals surface area (Å²) in [7, 11) is -1.79. The molecule has 0 aromatic rings. The molecular weight excluding hydrogens is 591 g/mol. The number of thioether (sulfide) groups is 2. The van der Waals surface area contributed by atoms with Crippen LogP contribution in [0.25, 0.3) is 0 Å². The number of primary amides is 1. The van der Waals surface area contributed by atoms with E-state index >= 15 is 0 Å². The highest BCUT2D eigenvalue weighted by molar-refractivity contribution is 8.14. The Balaban J connectivity index is 1.41. The Morgan fingerprint density at radius 1 is 1.02 bits per heavy atom. The fourth-order valence-electron chi connectivity index (χ4n) is 5.31. The van der Waals surface area contributed by atoms with Crippen LogP contribution in [-0.2, 0) is 42.2 Å². The van der Waals surface area contributed by atoms with Crippen LogP contribution in [0.15, 0.2) is 24.0 Å². The fraction of sp³-hybridized carbons (Fsp3) is 0.741. The highest BCUT2D eigenvalue weighted by atomic mass is 32.2. The van der Waals surface area contributed by atoms with Gasteiger partial charge in [0.15, 0.2) is 22.2 Å². The topological polar surface area (TPSA) is 136 Å². The number of carbonyl (C=O) groups excluding carboxylic acids is 3. The van der Waals surface area contributed by atoms with E-state index < -0.39 is 55.7 Å². The highest BCUT2D eigenvalue weighted by Crippen LogP contribution is 2.45. The summed E-state index contributed by atoms with van der Waals surface area (Å²) in [6, 6.07) is 0. The molecule has 4 heterocycles. The molecular formula is C27H41N2O9PS2. The maximum atomic E-state index is 12.9. The van der Waals surface area contributed by atoms with Gasteiger partial charge >= 0.3 is 8.60 Å². The lowest BCUT2D eigenvalue weighted by Gasteiger charge is -2.32. The zero-order chi connectivity index (χ0) is 30.0. The zero-order valence-electron chi connectivity index (χ0n) is 24.5. The van der Waals surface area contributed by atoms with E-state index in [1.165, 1.54) is 23.5 Å². The van der Waals surface area contributed by atoms with E-state index in [1.54, 1.807) is 11.1 Å². The Labute approximate surface area is 251 Å². The van der Waals surface area contributed by atoms with Crippen molar-refractivity contribution in [3.63, 3.8) is 0 Å². The Bertz CT molecular complexity index is 1030. The van der Waals surface area contributed by atoms with Crippen LogP contribution in [0.2, 0.25) is 0 Å². The van der Waals surface area contributed by atoms with E-state index in [2.05, 4.69) is 0 Å². The summed E-state index contributed by atoms with van der Waals surface area (Å²) in [6.07, 6.45) is 4.32. The molecule has 2 N–H and O–H groups in total. The van der Waals surface area contributed by atoms with Gasteiger partial charge in [-0.25, -0.2) is 0 Å². The van der Waals surface area contributed by atoms with Gasteiger partial charge in [-0.15, -0.1) is 0 Å². The van der Waals surface area contributed by atoms with Crippen molar-refractivity contribution in [1.82, 2.24) is 4.90 Å². The van der Waals surface area contributed by atoms with Crippen molar-refractivity contribution >= 4 is 48.3 Å². The minimum absolute atomic E-state index is 0.0212. The van der Waals surface area contributed by atoms with Gasteiger partial charge in [-0.05, 0) is 26.7 Å². The number of nitrogens with zero attached hydrogens (tertiary/aromatic N) is 1. The van der Waals surface area contributed by atoms with Gasteiger partial charge in [-0.3, -0.25) is 14.4 Å². The number of allylic oxidation sites excluding steroid dienone is 1. The van der Waals surface area contributed by atoms with Crippen LogP contribution in [0.3, 0.4) is 0 Å². The number of ether oxygens (including phenoxy) is 3. The van der Waals surface area contributed by atoms with Crippen LogP contribution in [0.5, 0.6) is 0 Å². The molecule has 11 nitrogen and oxygen atoms in total. The van der Waals surface area contributed by atoms with E-state index in [1.807, 2.05) is 53.8 Å². The number of nitrogens with two attached hydrogens (primary N) is 1. The predicted octanol–water partition coefficient (Wildman–Crippen LogP) is 4.07. The number of fused-ring (bicyclic) bond motifs is 1. The van der Waals surface area contributed by atoms with Crippen molar-refractivity contribution in [2.24, 2.45) is 16.6 Å². The Hall–Kier alpha value is -1.02. The van der Waals surface area contributed by atoms with Crippen LogP contribution >= 0.6 is 32.1 Å². The summed E-state index contributed by atoms with van der Waals surface area (Å²) >= 11 is 2.39. The number of carbonyl (C=O) groups is 3. The molecule has 0 spiro atoms. The molecule has 41 heavy (non-hydrogen) atoms. The van der Waals surface area contributed by atoms with Crippen LogP contribution in [0.4, 0.5) is 0 Å². The van der Waals surface area contributed by atoms with Crippen LogP contribution in [0.1, 0.15) is 54.4 Å². The summed E-state index contributed by atoms with van der Waals surface area (Å²) in [5.41, 5.74) is 4.68. The van der Waals surface area contributed by atoms with Crippen molar-refractivity contribution in [1.29, 1.82) is 0 Å². The smallest absolute Gasteiger partial charge is 0.332 e. The van der Waals surface area contributed by atoms with E-state index in [0.717, 1.165) is 0 Å². The second-order valence-electron chi connectivity index (χ2n) is 12.1. The van der Waals surface area contributed by atoms with Crippen LogP contribution in [0, 0.1) is 10.8 Å². The first-order chi connectivity index (χ1) is 19.2. The minimum Gasteiger partial charge on any atom is -0.366 e. The molecule has 0 radical (unpaired) electrons. The van der Waals surface area contributed by atoms with Crippen molar-refractivity contribution in [2.75, 3.05) is 31.3 Å². The van der Waals surface area contributed by atoms with E-state index in [0.29, 0.717) is 29.9 Å². The van der Waals surface area contributed by atoms with E-state index in [4.69, 9.17) is 33.5 Å². The van der Waals surface area contributed by atoms with Crippen molar-refractivity contribution in [3.8, 4) is 0 Å². The predicted molar refractivity (Wildman–Crippen MR) is 157 cm³/mol. The summed E-state index contributed by atoms with van der Waals surface area (Å²) in [4.78, 5) is 39.4. The van der Waals surface area contributed by atoms with Gasteiger partial charge in [0.2, 0.25) is 5.91 Å². The van der Waals surface area contributed by atoms with E-state index in [-0.39, 0.29) is 30.1 Å². The highest BCUT2D eigenvalue weighted by Gasteiger charge is 2.56. The molecule has 0 saturated carbocycles. The Kier molecular flexibility index (Phi) is 10.7. The van der Waals surface area contributed by atoms with Gasteiger partial charge in [0.1, 0.15) is 18.3 Å². The average molecular weight is 633 g/mol. The molecule has 0 aromatic heterocycles. The van der Waals surface area contributed by atoms with Gasteiger partial charge in [-0.1, -0.05) is 57.3 Å². The molecule has 4 aliphatic rings. The largest absolute Gasteiger partial charge is 0.366 e. The maximum Gasteiger partial charge on any atom is 0.332 e. The summed E-state index contributed by atoms with van der Waals surface area (Å²) < 4.78 is 36.6. The molecule has 0 bridgehead atoms. The lowest BCUT2D eigenvalue weighted by Crippen LogP contribution is -2.40. The Morgan fingerprint density at radius 3 is 2.20 bits per heavy atom. The lowest BCUT2D eigenvalue weighted by molar-refractivity contribution is -0.201. The molecule has 3 fully saturated rings. The zero-order valence-corrected chi connectivity index (χ0v) is 27.0. The van der Waals surface area contributed by atoms with Crippen molar-refractivity contribution in [2.45, 2.75) is 84.7 Å². The number of hydrogen-bond acceptors (Lipinski definition) is 12.